The summed E-state index contributed by atoms with van der Waals surface area (Å²) in [4.78, 5) is 2.45. The molecule has 1 heterocycles. The van der Waals surface area contributed by atoms with E-state index in [9.17, 15) is 0 Å². The third kappa shape index (κ3) is 7.98. The average Bonchev–Trinajstić information content (AvgIpc) is 2.08. The summed E-state index contributed by atoms with van der Waals surface area (Å²) < 4.78 is 0. The fourth-order valence-electron chi connectivity index (χ4n) is 1.03. The van der Waals surface area contributed by atoms with Crippen molar-refractivity contribution in [3.63, 3.8) is 0 Å². The summed E-state index contributed by atoms with van der Waals surface area (Å²) in [5, 5.41) is 6.06. The van der Waals surface area contributed by atoms with Gasteiger partial charge >= 0.3 is 0 Å². The van der Waals surface area contributed by atoms with E-state index < -0.39 is 0 Å². The van der Waals surface area contributed by atoms with Crippen LogP contribution in [0.1, 0.15) is 14.4 Å². The molecular formula is C9H25N3. The van der Waals surface area contributed by atoms with E-state index in [1.54, 1.807) is 0 Å². The van der Waals surface area contributed by atoms with Gasteiger partial charge in [-0.2, -0.15) is 0 Å². The molecule has 76 valence electrons. The summed E-state index contributed by atoms with van der Waals surface area (Å²) in [5.41, 5.74) is 0. The Kier molecular flexibility index (Phi) is 13.1. The van der Waals surface area contributed by atoms with Gasteiger partial charge in [-0.25, -0.2) is 0 Å². The summed E-state index contributed by atoms with van der Waals surface area (Å²) >= 11 is 0. The van der Waals surface area contributed by atoms with Gasteiger partial charge in [-0.1, -0.05) is 14.4 Å². The molecule has 1 saturated heterocycles. The normalized spacial score (nSPS) is 17.2. The smallest absolute Gasteiger partial charge is 0.0107 e. The van der Waals surface area contributed by atoms with Gasteiger partial charge in [-0.05, 0) is 20.6 Å². The Hall–Kier alpha value is -0.120. The van der Waals surface area contributed by atoms with Crippen LogP contribution >= 0.6 is 0 Å². The van der Waals surface area contributed by atoms with Crippen LogP contribution < -0.4 is 10.6 Å². The monoisotopic (exact) mass is 175 g/mol. The highest BCUT2D eigenvalue weighted by molar-refractivity contribution is 4.64. The number of hydrogen-bond acceptors (Lipinski definition) is 3. The molecule has 0 aromatic carbocycles. The minimum absolute atomic E-state index is 0. The molecule has 1 aliphatic rings. The lowest BCUT2D eigenvalue weighted by Crippen LogP contribution is -2.43. The van der Waals surface area contributed by atoms with Crippen LogP contribution in [0.2, 0.25) is 0 Å². The first-order valence-corrected chi connectivity index (χ1v) is 4.36. The Morgan fingerprint density at radius 3 is 1.92 bits per heavy atom. The van der Waals surface area contributed by atoms with Gasteiger partial charge in [-0.15, -0.1) is 0 Å². The maximum absolute atomic E-state index is 3.31. The molecule has 0 spiro atoms. The number of likely N-dealkylation sites (N-methyl/N-ethyl adjacent to an activating group) is 1. The van der Waals surface area contributed by atoms with Crippen LogP contribution in [-0.4, -0.2) is 51.7 Å². The minimum atomic E-state index is 0. The molecule has 12 heavy (non-hydrogen) atoms. The highest BCUT2D eigenvalue weighted by atomic mass is 15.2. The molecule has 0 atom stereocenters. The summed E-state index contributed by atoms with van der Waals surface area (Å²) in [7, 11) is 3.75. The predicted molar refractivity (Wildman–Crippen MR) is 56.7 cm³/mol. The van der Waals surface area contributed by atoms with Gasteiger partial charge in [0.05, 0.1) is 0 Å². The van der Waals surface area contributed by atoms with Crippen molar-refractivity contribution in [3.8, 4) is 0 Å². The molecule has 0 aliphatic carbocycles. The van der Waals surface area contributed by atoms with Crippen LogP contribution in [0.4, 0.5) is 0 Å². The molecule has 0 unspecified atom stereocenters. The van der Waals surface area contributed by atoms with Gasteiger partial charge in [-0.3, -0.25) is 0 Å². The predicted octanol–water partition coefficient (Wildman–Crippen LogP) is 0.383. The van der Waals surface area contributed by atoms with Gasteiger partial charge in [0.1, 0.15) is 0 Å². The zero-order valence-corrected chi connectivity index (χ0v) is 7.98. The molecule has 1 aliphatic heterocycles. The summed E-state index contributed by atoms with van der Waals surface area (Å²) in [5.74, 6) is 0. The molecule has 0 saturated carbocycles. The molecule has 2 N–H and O–H groups in total. The number of piperazine rings is 1. The van der Waals surface area contributed by atoms with E-state index in [2.05, 4.69) is 22.5 Å². The maximum Gasteiger partial charge on any atom is 0.0107 e. The summed E-state index contributed by atoms with van der Waals surface area (Å²) in [6.07, 6.45) is 0. The van der Waals surface area contributed by atoms with Gasteiger partial charge in [0.2, 0.25) is 0 Å². The van der Waals surface area contributed by atoms with E-state index in [4.69, 9.17) is 0 Å². The van der Waals surface area contributed by atoms with Crippen LogP contribution in [0.3, 0.4) is 0 Å². The molecule has 0 radical (unpaired) electrons. The van der Waals surface area contributed by atoms with Gasteiger partial charge < -0.3 is 15.5 Å². The fourth-order valence-corrected chi connectivity index (χ4v) is 1.03. The Morgan fingerprint density at radius 2 is 1.67 bits per heavy atom. The molecule has 0 aromatic rings. The first kappa shape index (κ1) is 14.4. The Morgan fingerprint density at radius 1 is 1.25 bits per heavy atom. The van der Waals surface area contributed by atoms with E-state index in [1.807, 2.05) is 14.1 Å². The van der Waals surface area contributed by atoms with Gasteiger partial charge in [0.25, 0.3) is 0 Å². The van der Waals surface area contributed by atoms with Crippen molar-refractivity contribution in [2.75, 3.05) is 46.8 Å². The molecule has 1 fully saturated rings. The van der Waals surface area contributed by atoms with Crippen molar-refractivity contribution < 1.29 is 0 Å². The molecule has 1 rings (SSSR count). The first-order chi connectivity index (χ1) is 5.35. The Labute approximate surface area is 77.5 Å². The van der Waals surface area contributed by atoms with Crippen molar-refractivity contribution in [2.45, 2.75) is 14.4 Å². The van der Waals surface area contributed by atoms with E-state index in [-0.39, 0.29) is 7.43 Å². The van der Waals surface area contributed by atoms with Crippen molar-refractivity contribution >= 4 is 0 Å². The molecular weight excluding hydrogens is 150 g/mol. The van der Waals surface area contributed by atoms with E-state index in [0.717, 1.165) is 0 Å². The zero-order valence-electron chi connectivity index (χ0n) is 7.98. The summed E-state index contributed by atoms with van der Waals surface area (Å²) in [6, 6.07) is 0. The lowest BCUT2D eigenvalue weighted by Gasteiger charge is -2.25. The summed E-state index contributed by atoms with van der Waals surface area (Å²) in [6.45, 7) is 8.24. The standard InChI is InChI=1S/C6H14N2.C2H7N.CH4/c1-2-8-5-3-7-4-6-8;1-3-2;/h7H,2-6H2,1H3;3H,1-2H3;1H4. The van der Waals surface area contributed by atoms with Gasteiger partial charge in [0.15, 0.2) is 0 Å². The quantitative estimate of drug-likeness (QED) is 0.603. The molecule has 0 aromatic heterocycles. The van der Waals surface area contributed by atoms with Crippen molar-refractivity contribution in [1.29, 1.82) is 0 Å². The number of rotatable bonds is 1. The Bertz CT molecular complexity index is 70.2. The third-order valence-electron chi connectivity index (χ3n) is 1.66. The second-order valence-electron chi connectivity index (χ2n) is 2.68. The van der Waals surface area contributed by atoms with E-state index in [0.29, 0.717) is 0 Å². The Balaban J connectivity index is 0. The number of nitrogens with one attached hydrogen (secondary N) is 2. The van der Waals surface area contributed by atoms with Crippen molar-refractivity contribution in [1.82, 2.24) is 15.5 Å². The average molecular weight is 175 g/mol. The van der Waals surface area contributed by atoms with Crippen LogP contribution in [0.25, 0.3) is 0 Å². The van der Waals surface area contributed by atoms with Gasteiger partial charge in [0, 0.05) is 26.2 Å². The topological polar surface area (TPSA) is 27.3 Å². The van der Waals surface area contributed by atoms with Crippen molar-refractivity contribution in [3.05, 3.63) is 0 Å². The lowest BCUT2D eigenvalue weighted by atomic mass is 10.4. The highest BCUT2D eigenvalue weighted by Crippen LogP contribution is 1.88. The molecule has 0 amide bonds. The maximum atomic E-state index is 3.31. The molecule has 3 heteroatoms. The molecule has 3 nitrogen and oxygen atoms in total. The number of nitrogens with zero attached hydrogens (tertiary/aromatic N) is 1. The second-order valence-corrected chi connectivity index (χ2v) is 2.68. The largest absolute Gasteiger partial charge is 0.323 e. The first-order valence-electron chi connectivity index (χ1n) is 4.36. The van der Waals surface area contributed by atoms with E-state index >= 15 is 0 Å². The van der Waals surface area contributed by atoms with Crippen LogP contribution in [0, 0.1) is 0 Å². The lowest BCUT2D eigenvalue weighted by molar-refractivity contribution is 0.253. The SMILES string of the molecule is C.CCN1CCNCC1.CNC. The highest BCUT2D eigenvalue weighted by Gasteiger charge is 2.04. The zero-order chi connectivity index (χ0) is 8.53. The van der Waals surface area contributed by atoms with E-state index in [1.165, 1.54) is 32.7 Å². The van der Waals surface area contributed by atoms with Crippen LogP contribution in [0.5, 0.6) is 0 Å². The van der Waals surface area contributed by atoms with Crippen LogP contribution in [-0.2, 0) is 0 Å². The third-order valence-corrected chi connectivity index (χ3v) is 1.66. The number of hydrogen-bond donors (Lipinski definition) is 2. The van der Waals surface area contributed by atoms with Crippen molar-refractivity contribution in [2.24, 2.45) is 0 Å². The second kappa shape index (κ2) is 10.9. The minimum Gasteiger partial charge on any atom is -0.323 e. The van der Waals surface area contributed by atoms with Crippen LogP contribution in [0.15, 0.2) is 0 Å². The fraction of sp³-hybridized carbons (Fsp3) is 1.00. The molecule has 0 bridgehead atoms.